The number of carbonyl (C=O) groups is 1. The molecule has 1 aliphatic carbocycles. The van der Waals surface area contributed by atoms with Gasteiger partial charge in [-0.1, -0.05) is 13.3 Å². The van der Waals surface area contributed by atoms with Crippen LogP contribution in [0.25, 0.3) is 0 Å². The molecule has 21 heavy (non-hydrogen) atoms. The number of amides is 1. The fraction of sp³-hybridized carbons (Fsp3) is 0.941. The fourth-order valence-corrected chi connectivity index (χ4v) is 3.66. The SMILES string of the molecule is CCCCN1CCC(NC(=O)C2CCC(CN)CC2)CC1. The minimum Gasteiger partial charge on any atom is -0.353 e. The minimum atomic E-state index is 0.242. The lowest BCUT2D eigenvalue weighted by atomic mass is 9.81. The number of carbonyl (C=O) groups excluding carboxylic acids is 1. The Hall–Kier alpha value is -0.610. The summed E-state index contributed by atoms with van der Waals surface area (Å²) in [5.41, 5.74) is 5.72. The van der Waals surface area contributed by atoms with E-state index in [9.17, 15) is 4.79 Å². The maximum absolute atomic E-state index is 12.4. The van der Waals surface area contributed by atoms with Crippen molar-refractivity contribution in [3.63, 3.8) is 0 Å². The highest BCUT2D eigenvalue weighted by Gasteiger charge is 2.28. The highest BCUT2D eigenvalue weighted by molar-refractivity contribution is 5.79. The molecule has 0 aromatic rings. The summed E-state index contributed by atoms with van der Waals surface area (Å²) in [5.74, 6) is 1.19. The number of nitrogens with zero attached hydrogens (tertiary/aromatic N) is 1. The van der Waals surface area contributed by atoms with Gasteiger partial charge in [-0.05, 0) is 64.0 Å². The lowest BCUT2D eigenvalue weighted by molar-refractivity contribution is -0.127. The Morgan fingerprint density at radius 3 is 2.38 bits per heavy atom. The molecule has 4 heteroatoms. The third-order valence-corrected chi connectivity index (χ3v) is 5.31. The molecule has 2 aliphatic rings. The molecule has 1 saturated carbocycles. The molecule has 0 unspecified atom stereocenters. The maximum Gasteiger partial charge on any atom is 0.223 e. The smallest absolute Gasteiger partial charge is 0.223 e. The second-order valence-electron chi connectivity index (χ2n) is 6.93. The minimum absolute atomic E-state index is 0.242. The van der Waals surface area contributed by atoms with Crippen LogP contribution in [0.4, 0.5) is 0 Å². The van der Waals surface area contributed by atoms with Gasteiger partial charge in [0.1, 0.15) is 0 Å². The van der Waals surface area contributed by atoms with Crippen LogP contribution in [0.2, 0.25) is 0 Å². The number of rotatable bonds is 6. The number of unbranched alkanes of at least 4 members (excludes halogenated alkanes) is 1. The van der Waals surface area contributed by atoms with Crippen molar-refractivity contribution >= 4 is 5.91 Å². The first-order chi connectivity index (χ1) is 10.2. The molecule has 2 fully saturated rings. The van der Waals surface area contributed by atoms with Crippen LogP contribution in [0, 0.1) is 11.8 Å². The van der Waals surface area contributed by atoms with E-state index < -0.39 is 0 Å². The van der Waals surface area contributed by atoms with E-state index >= 15 is 0 Å². The number of piperidine rings is 1. The van der Waals surface area contributed by atoms with Gasteiger partial charge in [0.15, 0.2) is 0 Å². The quantitative estimate of drug-likeness (QED) is 0.789. The van der Waals surface area contributed by atoms with Gasteiger partial charge in [-0.3, -0.25) is 4.79 Å². The zero-order valence-corrected chi connectivity index (χ0v) is 13.7. The van der Waals surface area contributed by atoms with Gasteiger partial charge in [0, 0.05) is 25.0 Å². The summed E-state index contributed by atoms with van der Waals surface area (Å²) in [7, 11) is 0. The van der Waals surface area contributed by atoms with E-state index in [1.54, 1.807) is 0 Å². The van der Waals surface area contributed by atoms with Gasteiger partial charge in [-0.2, -0.15) is 0 Å². The van der Waals surface area contributed by atoms with Crippen LogP contribution < -0.4 is 11.1 Å². The number of likely N-dealkylation sites (tertiary alicyclic amines) is 1. The van der Waals surface area contributed by atoms with Crippen molar-refractivity contribution in [2.75, 3.05) is 26.2 Å². The van der Waals surface area contributed by atoms with Crippen LogP contribution in [-0.4, -0.2) is 43.0 Å². The van der Waals surface area contributed by atoms with Crippen molar-refractivity contribution in [1.29, 1.82) is 0 Å². The second-order valence-corrected chi connectivity index (χ2v) is 6.93. The van der Waals surface area contributed by atoms with Crippen LogP contribution in [0.3, 0.4) is 0 Å². The van der Waals surface area contributed by atoms with Crippen LogP contribution in [0.5, 0.6) is 0 Å². The topological polar surface area (TPSA) is 58.4 Å². The average molecular weight is 295 g/mol. The lowest BCUT2D eigenvalue weighted by Gasteiger charge is -2.34. The van der Waals surface area contributed by atoms with E-state index in [1.807, 2.05) is 0 Å². The zero-order chi connectivity index (χ0) is 15.1. The Morgan fingerprint density at radius 1 is 1.14 bits per heavy atom. The molecule has 1 heterocycles. The molecule has 0 radical (unpaired) electrons. The van der Waals surface area contributed by atoms with Gasteiger partial charge in [0.25, 0.3) is 0 Å². The van der Waals surface area contributed by atoms with Crippen LogP contribution in [0.15, 0.2) is 0 Å². The normalized spacial score (nSPS) is 28.5. The first-order valence-electron chi connectivity index (χ1n) is 8.95. The molecule has 2 rings (SSSR count). The Balaban J connectivity index is 1.65. The molecular formula is C17H33N3O. The van der Waals surface area contributed by atoms with Gasteiger partial charge >= 0.3 is 0 Å². The van der Waals surface area contributed by atoms with Crippen molar-refractivity contribution in [2.24, 2.45) is 17.6 Å². The number of nitrogens with two attached hydrogens (primary N) is 1. The Bertz CT molecular complexity index is 305. The fourth-order valence-electron chi connectivity index (χ4n) is 3.66. The number of nitrogens with one attached hydrogen (secondary N) is 1. The molecule has 4 nitrogen and oxygen atoms in total. The largest absolute Gasteiger partial charge is 0.353 e. The Morgan fingerprint density at radius 2 is 1.81 bits per heavy atom. The van der Waals surface area contributed by atoms with Crippen molar-refractivity contribution in [3.8, 4) is 0 Å². The van der Waals surface area contributed by atoms with Crippen molar-refractivity contribution in [3.05, 3.63) is 0 Å². The molecular weight excluding hydrogens is 262 g/mol. The summed E-state index contributed by atoms with van der Waals surface area (Å²) in [6, 6.07) is 0.405. The van der Waals surface area contributed by atoms with Gasteiger partial charge in [0.2, 0.25) is 5.91 Å². The summed E-state index contributed by atoms with van der Waals surface area (Å²) in [6.07, 6.45) is 9.12. The van der Waals surface area contributed by atoms with E-state index in [1.165, 1.54) is 19.4 Å². The van der Waals surface area contributed by atoms with E-state index in [0.717, 1.165) is 58.2 Å². The molecule has 1 aliphatic heterocycles. The summed E-state index contributed by atoms with van der Waals surface area (Å²) in [5, 5.41) is 3.30. The van der Waals surface area contributed by atoms with Gasteiger partial charge in [-0.15, -0.1) is 0 Å². The van der Waals surface area contributed by atoms with Crippen LogP contribution >= 0.6 is 0 Å². The molecule has 0 bridgehead atoms. The molecule has 1 amide bonds. The second kappa shape index (κ2) is 8.74. The van der Waals surface area contributed by atoms with Gasteiger partial charge in [-0.25, -0.2) is 0 Å². The molecule has 0 atom stereocenters. The molecule has 1 saturated heterocycles. The van der Waals surface area contributed by atoms with E-state index in [2.05, 4.69) is 17.1 Å². The summed E-state index contributed by atoms with van der Waals surface area (Å²) < 4.78 is 0. The van der Waals surface area contributed by atoms with Crippen LogP contribution in [0.1, 0.15) is 58.3 Å². The highest BCUT2D eigenvalue weighted by Crippen LogP contribution is 2.28. The highest BCUT2D eigenvalue weighted by atomic mass is 16.1. The zero-order valence-electron chi connectivity index (χ0n) is 13.7. The third kappa shape index (κ3) is 5.26. The van der Waals surface area contributed by atoms with E-state index in [-0.39, 0.29) is 5.92 Å². The molecule has 0 spiro atoms. The van der Waals surface area contributed by atoms with E-state index in [0.29, 0.717) is 17.9 Å². The third-order valence-electron chi connectivity index (χ3n) is 5.31. The standard InChI is InChI=1S/C17H33N3O/c1-2-3-10-20-11-8-16(9-12-20)19-17(21)15-6-4-14(13-18)5-7-15/h14-16H,2-13,18H2,1H3,(H,19,21). The summed E-state index contributed by atoms with van der Waals surface area (Å²) >= 11 is 0. The van der Waals surface area contributed by atoms with Gasteiger partial charge in [0.05, 0.1) is 0 Å². The van der Waals surface area contributed by atoms with Crippen molar-refractivity contribution < 1.29 is 4.79 Å². The predicted molar refractivity (Wildman–Crippen MR) is 87.0 cm³/mol. The molecule has 3 N–H and O–H groups in total. The number of hydrogen-bond acceptors (Lipinski definition) is 3. The molecule has 0 aromatic carbocycles. The first kappa shape index (κ1) is 16.8. The summed E-state index contributed by atoms with van der Waals surface area (Å²) in [4.78, 5) is 14.9. The average Bonchev–Trinajstić information content (AvgIpc) is 2.54. The van der Waals surface area contributed by atoms with Crippen LogP contribution in [-0.2, 0) is 4.79 Å². The van der Waals surface area contributed by atoms with Gasteiger partial charge < -0.3 is 16.0 Å². The number of hydrogen-bond donors (Lipinski definition) is 2. The molecule has 0 aromatic heterocycles. The van der Waals surface area contributed by atoms with Crippen molar-refractivity contribution in [1.82, 2.24) is 10.2 Å². The molecule has 122 valence electrons. The van der Waals surface area contributed by atoms with E-state index in [4.69, 9.17) is 5.73 Å². The lowest BCUT2D eigenvalue weighted by Crippen LogP contribution is -2.47. The first-order valence-corrected chi connectivity index (χ1v) is 8.95. The predicted octanol–water partition coefficient (Wildman–Crippen LogP) is 2.13. The Labute approximate surface area is 129 Å². The Kier molecular flexibility index (Phi) is 6.97. The van der Waals surface area contributed by atoms with Crippen molar-refractivity contribution in [2.45, 2.75) is 64.3 Å². The maximum atomic E-state index is 12.4. The monoisotopic (exact) mass is 295 g/mol. The summed E-state index contributed by atoms with van der Waals surface area (Å²) in [6.45, 7) is 6.53.